The lowest BCUT2D eigenvalue weighted by molar-refractivity contribution is 0.355. The summed E-state index contributed by atoms with van der Waals surface area (Å²) in [7, 11) is 3.28. The fourth-order valence-electron chi connectivity index (χ4n) is 4.50. The zero-order valence-electron chi connectivity index (χ0n) is 15.9. The summed E-state index contributed by atoms with van der Waals surface area (Å²) in [6.07, 6.45) is 6.52. The highest BCUT2D eigenvalue weighted by Crippen LogP contribution is 2.44. The van der Waals surface area contributed by atoms with E-state index in [-0.39, 0.29) is 0 Å². The number of methoxy groups -OCH3 is 2. The van der Waals surface area contributed by atoms with Crippen molar-refractivity contribution < 1.29 is 9.47 Å². The van der Waals surface area contributed by atoms with Crippen molar-refractivity contribution in [1.82, 2.24) is 10.2 Å². The first-order valence-corrected chi connectivity index (χ1v) is 11.1. The number of nitrogens with one attached hydrogen (secondary N) is 1. The summed E-state index contributed by atoms with van der Waals surface area (Å²) < 4.78 is 10.7. The Kier molecular flexibility index (Phi) is 5.78. The minimum Gasteiger partial charge on any atom is -0.493 e. The van der Waals surface area contributed by atoms with Gasteiger partial charge < -0.3 is 14.8 Å². The van der Waals surface area contributed by atoms with Crippen LogP contribution in [0.1, 0.15) is 32.1 Å². The standard InChI is InChI=1S/C20H27N3O2S2/c1-24-17-7-6-15(12-18(17)25-2)21-20-23(8-3-9-27-20)19(26)22-16-11-13-4-5-14(16)10-13/h6-7,12-14,16H,3-5,8-11H2,1-2H3,(H,22,26)/t13-,14-,16+/m1/s1. The zero-order chi connectivity index (χ0) is 18.8. The van der Waals surface area contributed by atoms with Crippen LogP contribution in [0.3, 0.4) is 0 Å². The number of thioether (sulfide) groups is 1. The Morgan fingerprint density at radius 1 is 1.22 bits per heavy atom. The summed E-state index contributed by atoms with van der Waals surface area (Å²) in [4.78, 5) is 7.04. The van der Waals surface area contributed by atoms with Gasteiger partial charge in [0.25, 0.3) is 0 Å². The predicted molar refractivity (Wildman–Crippen MR) is 115 cm³/mol. The third-order valence-corrected chi connectivity index (χ3v) is 7.27. The second-order valence-electron chi connectivity index (χ2n) is 7.52. The Morgan fingerprint density at radius 3 is 2.78 bits per heavy atom. The molecule has 2 saturated carbocycles. The van der Waals surface area contributed by atoms with Gasteiger partial charge in [0, 0.05) is 24.4 Å². The van der Waals surface area contributed by atoms with Crippen LogP contribution in [0.5, 0.6) is 11.5 Å². The van der Waals surface area contributed by atoms with Gasteiger partial charge in [-0.15, -0.1) is 0 Å². The van der Waals surface area contributed by atoms with Crippen LogP contribution in [-0.4, -0.2) is 47.7 Å². The topological polar surface area (TPSA) is 46.1 Å². The Bertz CT molecular complexity index is 740. The molecule has 3 fully saturated rings. The fraction of sp³-hybridized carbons (Fsp3) is 0.600. The third kappa shape index (κ3) is 4.04. The van der Waals surface area contributed by atoms with E-state index >= 15 is 0 Å². The second kappa shape index (κ2) is 8.27. The average molecular weight is 406 g/mol. The number of hydrogen-bond acceptors (Lipinski definition) is 5. The average Bonchev–Trinajstić information content (AvgIpc) is 3.31. The first-order valence-electron chi connectivity index (χ1n) is 9.69. The second-order valence-corrected chi connectivity index (χ2v) is 8.97. The number of fused-ring (bicyclic) bond motifs is 2. The van der Waals surface area contributed by atoms with Gasteiger partial charge in [0.2, 0.25) is 0 Å². The molecule has 27 heavy (non-hydrogen) atoms. The molecule has 5 nitrogen and oxygen atoms in total. The number of hydrogen-bond donors (Lipinski definition) is 1. The number of thiocarbonyl (C=S) groups is 1. The van der Waals surface area contributed by atoms with Gasteiger partial charge in [-0.1, -0.05) is 18.2 Å². The van der Waals surface area contributed by atoms with E-state index < -0.39 is 0 Å². The van der Waals surface area contributed by atoms with Crippen LogP contribution in [0.15, 0.2) is 23.2 Å². The molecule has 146 valence electrons. The van der Waals surface area contributed by atoms with Crippen molar-refractivity contribution in [1.29, 1.82) is 0 Å². The van der Waals surface area contributed by atoms with Gasteiger partial charge in [-0.3, -0.25) is 4.90 Å². The van der Waals surface area contributed by atoms with E-state index in [4.69, 9.17) is 26.7 Å². The quantitative estimate of drug-likeness (QED) is 0.758. The van der Waals surface area contributed by atoms with Crippen LogP contribution >= 0.6 is 24.0 Å². The molecule has 0 spiro atoms. The number of nitrogens with zero attached hydrogens (tertiary/aromatic N) is 2. The van der Waals surface area contributed by atoms with Crippen LogP contribution in [0.25, 0.3) is 0 Å². The Hall–Kier alpha value is -1.47. The van der Waals surface area contributed by atoms with E-state index in [1.165, 1.54) is 25.7 Å². The van der Waals surface area contributed by atoms with Gasteiger partial charge in [0.05, 0.1) is 19.9 Å². The minimum atomic E-state index is 0.547. The molecule has 2 aliphatic carbocycles. The smallest absolute Gasteiger partial charge is 0.175 e. The molecule has 2 bridgehead atoms. The van der Waals surface area contributed by atoms with E-state index in [0.29, 0.717) is 17.5 Å². The van der Waals surface area contributed by atoms with E-state index in [1.807, 2.05) is 18.2 Å². The highest BCUT2D eigenvalue weighted by atomic mass is 32.2. The van der Waals surface area contributed by atoms with Crippen molar-refractivity contribution in [2.75, 3.05) is 26.5 Å². The largest absolute Gasteiger partial charge is 0.493 e. The molecule has 1 N–H and O–H groups in total. The first-order chi connectivity index (χ1) is 13.2. The molecule has 0 aromatic heterocycles. The summed E-state index contributed by atoms with van der Waals surface area (Å²) in [6, 6.07) is 6.30. The molecule has 1 saturated heterocycles. The molecule has 1 aliphatic heterocycles. The van der Waals surface area contributed by atoms with Crippen molar-refractivity contribution >= 4 is 39.9 Å². The molecule has 1 heterocycles. The van der Waals surface area contributed by atoms with Crippen LogP contribution in [0.2, 0.25) is 0 Å². The Labute approximate surface area is 170 Å². The van der Waals surface area contributed by atoms with E-state index in [0.717, 1.165) is 46.5 Å². The number of aliphatic imine (C=N–C) groups is 1. The summed E-state index contributed by atoms with van der Waals surface area (Å²) in [6.45, 7) is 0.922. The number of rotatable bonds is 4. The first kappa shape index (κ1) is 18.9. The maximum atomic E-state index is 5.78. The van der Waals surface area contributed by atoms with Crippen LogP contribution in [0, 0.1) is 11.8 Å². The van der Waals surface area contributed by atoms with Crippen molar-refractivity contribution in [2.24, 2.45) is 16.8 Å². The molecule has 1 aromatic carbocycles. The fourth-order valence-corrected chi connectivity index (χ4v) is 5.85. The van der Waals surface area contributed by atoms with Crippen molar-refractivity contribution in [3.05, 3.63) is 18.2 Å². The molecule has 3 atom stereocenters. The molecule has 0 unspecified atom stereocenters. The lowest BCUT2D eigenvalue weighted by Gasteiger charge is -2.33. The van der Waals surface area contributed by atoms with Gasteiger partial charge in [0.1, 0.15) is 0 Å². The van der Waals surface area contributed by atoms with E-state index in [1.54, 1.807) is 26.0 Å². The van der Waals surface area contributed by atoms with Crippen molar-refractivity contribution in [3.8, 4) is 11.5 Å². The van der Waals surface area contributed by atoms with Gasteiger partial charge in [-0.2, -0.15) is 0 Å². The molecule has 4 rings (SSSR count). The summed E-state index contributed by atoms with van der Waals surface area (Å²) in [5.41, 5.74) is 0.852. The van der Waals surface area contributed by atoms with Crippen LogP contribution in [0.4, 0.5) is 5.69 Å². The number of benzene rings is 1. The van der Waals surface area contributed by atoms with Crippen molar-refractivity contribution in [2.45, 2.75) is 38.1 Å². The van der Waals surface area contributed by atoms with E-state index in [9.17, 15) is 0 Å². The zero-order valence-corrected chi connectivity index (χ0v) is 17.6. The van der Waals surface area contributed by atoms with Crippen LogP contribution in [-0.2, 0) is 0 Å². The Morgan fingerprint density at radius 2 is 2.07 bits per heavy atom. The highest BCUT2D eigenvalue weighted by Gasteiger charge is 2.40. The lowest BCUT2D eigenvalue weighted by Crippen LogP contribution is -2.49. The van der Waals surface area contributed by atoms with Gasteiger partial charge >= 0.3 is 0 Å². The van der Waals surface area contributed by atoms with Crippen molar-refractivity contribution in [3.63, 3.8) is 0 Å². The van der Waals surface area contributed by atoms with Gasteiger partial charge in [-0.25, -0.2) is 4.99 Å². The molecular weight excluding hydrogens is 378 g/mol. The molecule has 1 aromatic rings. The Balaban J connectivity index is 1.50. The summed E-state index contributed by atoms with van der Waals surface area (Å²) >= 11 is 7.55. The molecule has 0 amide bonds. The monoisotopic (exact) mass is 405 g/mol. The highest BCUT2D eigenvalue weighted by molar-refractivity contribution is 8.14. The van der Waals surface area contributed by atoms with Gasteiger partial charge in [-0.05, 0) is 61.9 Å². The molecule has 3 aliphatic rings. The number of ether oxygens (including phenoxy) is 2. The summed E-state index contributed by atoms with van der Waals surface area (Å²) in [5.74, 6) is 4.18. The number of amidine groups is 1. The van der Waals surface area contributed by atoms with Crippen LogP contribution < -0.4 is 14.8 Å². The molecular formula is C20H27N3O2S2. The third-order valence-electron chi connectivity index (χ3n) is 5.87. The van der Waals surface area contributed by atoms with E-state index in [2.05, 4.69) is 10.2 Å². The minimum absolute atomic E-state index is 0.547. The maximum absolute atomic E-state index is 5.78. The SMILES string of the molecule is COc1ccc(N=C2SCCCN2C(=S)N[C@H]2C[C@@H]3CC[C@@H]2C3)cc1OC. The maximum Gasteiger partial charge on any atom is 0.175 e. The lowest BCUT2D eigenvalue weighted by atomic mass is 9.95. The molecule has 7 heteroatoms. The normalized spacial score (nSPS) is 28.4. The predicted octanol–water partition coefficient (Wildman–Crippen LogP) is 4.19. The summed E-state index contributed by atoms with van der Waals surface area (Å²) in [5, 5.41) is 5.45. The van der Waals surface area contributed by atoms with Gasteiger partial charge in [0.15, 0.2) is 21.8 Å². The molecule has 0 radical (unpaired) electrons.